The normalized spacial score (nSPS) is 21.1. The summed E-state index contributed by atoms with van der Waals surface area (Å²) in [6, 6.07) is 3.06. The number of benzene rings is 1. The van der Waals surface area contributed by atoms with E-state index in [-0.39, 0.29) is 30.0 Å². The van der Waals surface area contributed by atoms with Crippen molar-refractivity contribution < 1.29 is 32.2 Å². The molecule has 35 heavy (non-hydrogen) atoms. The van der Waals surface area contributed by atoms with E-state index in [0.29, 0.717) is 25.0 Å². The lowest BCUT2D eigenvalue weighted by Crippen LogP contribution is -2.45. The first-order valence-electron chi connectivity index (χ1n) is 12.0. The Morgan fingerprint density at radius 2 is 1.71 bits per heavy atom. The Hall–Kier alpha value is -2.45. The summed E-state index contributed by atoms with van der Waals surface area (Å²) in [7, 11) is 0. The molecule has 9 heteroatoms. The van der Waals surface area contributed by atoms with Gasteiger partial charge in [0.2, 0.25) is 5.91 Å². The van der Waals surface area contributed by atoms with Gasteiger partial charge in [0, 0.05) is 18.2 Å². The van der Waals surface area contributed by atoms with Crippen molar-refractivity contribution in [3.8, 4) is 5.75 Å². The number of carbonyl (C=O) groups excluding carboxylic acids is 2. The minimum Gasteiger partial charge on any atom is -0.488 e. The zero-order chi connectivity index (χ0) is 26.8. The van der Waals surface area contributed by atoms with Crippen LogP contribution in [0.4, 0.5) is 18.0 Å². The molecule has 1 fully saturated rings. The Balaban J connectivity index is 2.19. The van der Waals surface area contributed by atoms with Crippen molar-refractivity contribution in [2.45, 2.75) is 105 Å². The molecule has 1 aromatic rings. The molecule has 1 aliphatic carbocycles. The van der Waals surface area contributed by atoms with E-state index in [1.807, 2.05) is 13.8 Å². The van der Waals surface area contributed by atoms with Crippen molar-refractivity contribution in [3.05, 3.63) is 29.3 Å². The van der Waals surface area contributed by atoms with E-state index in [2.05, 4.69) is 10.6 Å². The van der Waals surface area contributed by atoms with E-state index < -0.39 is 34.5 Å². The third-order valence-corrected chi connectivity index (χ3v) is 6.07. The number of halogens is 3. The Labute approximate surface area is 206 Å². The lowest BCUT2D eigenvalue weighted by Gasteiger charge is -2.33. The summed E-state index contributed by atoms with van der Waals surface area (Å²) in [6.07, 6.45) is -3.47. The molecule has 2 amide bonds. The second kappa shape index (κ2) is 10.3. The Morgan fingerprint density at radius 3 is 2.23 bits per heavy atom. The highest BCUT2D eigenvalue weighted by atomic mass is 19.4. The molecule has 0 saturated heterocycles. The molecule has 1 unspecified atom stereocenters. The Kier molecular flexibility index (Phi) is 8.44. The molecule has 0 radical (unpaired) electrons. The van der Waals surface area contributed by atoms with Gasteiger partial charge in [-0.1, -0.05) is 13.8 Å². The van der Waals surface area contributed by atoms with Crippen molar-refractivity contribution in [1.29, 1.82) is 0 Å². The first-order chi connectivity index (χ1) is 15.8. The largest absolute Gasteiger partial charge is 0.488 e. The predicted molar refractivity (Wildman–Crippen MR) is 128 cm³/mol. The third kappa shape index (κ3) is 8.04. The standard InChI is InChI=1S/C26H39F3N2O4/c1-16(2)25(12-11-19(14-25)31-22(33)35-24(6,7)8)21(32)30-15-17-13-18(26(27,28)29)9-10-20(17)34-23(3,4)5/h9-10,13,16,19H,11-12,14-15H2,1-8H3,(H,30,32)(H,31,33)/t19?,25-/m0/s1. The maximum atomic E-state index is 13.4. The average Bonchev–Trinajstić information content (AvgIpc) is 3.08. The van der Waals surface area contributed by atoms with Gasteiger partial charge in [-0.3, -0.25) is 4.79 Å². The SMILES string of the molecule is CC(C)[C@]1(C(=O)NCc2cc(C(F)(F)F)ccc2OC(C)(C)C)CCC(NC(=O)OC(C)(C)C)C1. The second-order valence-corrected chi connectivity index (χ2v) is 11.6. The van der Waals surface area contributed by atoms with E-state index in [4.69, 9.17) is 9.47 Å². The summed E-state index contributed by atoms with van der Waals surface area (Å²) in [5.41, 5.74) is -2.56. The molecule has 0 spiro atoms. The van der Waals surface area contributed by atoms with Crippen LogP contribution in [-0.2, 0) is 22.3 Å². The fourth-order valence-corrected chi connectivity index (χ4v) is 4.34. The van der Waals surface area contributed by atoms with Crippen LogP contribution in [0.2, 0.25) is 0 Å². The molecule has 0 bridgehead atoms. The highest BCUT2D eigenvalue weighted by Gasteiger charge is 2.48. The molecular weight excluding hydrogens is 461 g/mol. The average molecular weight is 501 g/mol. The lowest BCUT2D eigenvalue weighted by molar-refractivity contribution is -0.137. The van der Waals surface area contributed by atoms with Crippen molar-refractivity contribution >= 4 is 12.0 Å². The number of amides is 2. The lowest BCUT2D eigenvalue weighted by atomic mass is 9.74. The van der Waals surface area contributed by atoms with Gasteiger partial charge < -0.3 is 20.1 Å². The molecule has 1 aliphatic rings. The van der Waals surface area contributed by atoms with E-state index >= 15 is 0 Å². The van der Waals surface area contributed by atoms with Gasteiger partial charge in [0.25, 0.3) is 0 Å². The van der Waals surface area contributed by atoms with Crippen LogP contribution in [0.1, 0.15) is 85.8 Å². The van der Waals surface area contributed by atoms with Crippen molar-refractivity contribution in [2.75, 3.05) is 0 Å². The number of rotatable bonds is 6. The van der Waals surface area contributed by atoms with E-state index in [1.54, 1.807) is 41.5 Å². The quantitative estimate of drug-likeness (QED) is 0.486. The summed E-state index contributed by atoms with van der Waals surface area (Å²) in [5, 5.41) is 5.70. The van der Waals surface area contributed by atoms with E-state index in [9.17, 15) is 22.8 Å². The number of alkyl carbamates (subject to hydrolysis) is 1. The van der Waals surface area contributed by atoms with Crippen molar-refractivity contribution in [3.63, 3.8) is 0 Å². The van der Waals surface area contributed by atoms with Gasteiger partial charge >= 0.3 is 12.3 Å². The van der Waals surface area contributed by atoms with Crippen LogP contribution in [0.15, 0.2) is 18.2 Å². The van der Waals surface area contributed by atoms with Gasteiger partial charge in [0.1, 0.15) is 17.0 Å². The highest BCUT2D eigenvalue weighted by molar-refractivity contribution is 5.83. The van der Waals surface area contributed by atoms with Crippen molar-refractivity contribution in [1.82, 2.24) is 10.6 Å². The molecule has 6 nitrogen and oxygen atoms in total. The minimum absolute atomic E-state index is 0.0419. The second-order valence-electron chi connectivity index (χ2n) is 11.6. The molecule has 198 valence electrons. The molecule has 2 rings (SSSR count). The zero-order valence-corrected chi connectivity index (χ0v) is 22.0. The van der Waals surface area contributed by atoms with E-state index in [1.165, 1.54) is 6.07 Å². The first kappa shape index (κ1) is 28.8. The smallest absolute Gasteiger partial charge is 0.416 e. The maximum Gasteiger partial charge on any atom is 0.416 e. The molecule has 0 aromatic heterocycles. The molecule has 0 aliphatic heterocycles. The van der Waals surface area contributed by atoms with Gasteiger partial charge in [-0.05, 0) is 84.9 Å². The topological polar surface area (TPSA) is 76.7 Å². The molecule has 0 heterocycles. The van der Waals surface area contributed by atoms with Gasteiger partial charge in [-0.25, -0.2) is 4.79 Å². The minimum atomic E-state index is -4.51. The molecule has 1 aromatic carbocycles. The van der Waals surface area contributed by atoms with Crippen LogP contribution >= 0.6 is 0 Å². The number of alkyl halides is 3. The van der Waals surface area contributed by atoms with Gasteiger partial charge in [-0.15, -0.1) is 0 Å². The van der Waals surface area contributed by atoms with Crippen LogP contribution in [0.5, 0.6) is 5.75 Å². The molecular formula is C26H39F3N2O4. The van der Waals surface area contributed by atoms with Crippen LogP contribution in [-0.4, -0.2) is 29.2 Å². The van der Waals surface area contributed by atoms with Gasteiger partial charge in [-0.2, -0.15) is 13.2 Å². The molecule has 2 atom stereocenters. The zero-order valence-electron chi connectivity index (χ0n) is 22.0. The van der Waals surface area contributed by atoms with Crippen LogP contribution < -0.4 is 15.4 Å². The number of hydrogen-bond acceptors (Lipinski definition) is 4. The number of nitrogens with one attached hydrogen (secondary N) is 2. The summed E-state index contributed by atoms with van der Waals surface area (Å²) < 4.78 is 51.2. The van der Waals surface area contributed by atoms with Crippen LogP contribution in [0, 0.1) is 11.3 Å². The highest BCUT2D eigenvalue weighted by Crippen LogP contribution is 2.45. The fraction of sp³-hybridized carbons (Fsp3) is 0.692. The molecule has 1 saturated carbocycles. The summed E-state index contributed by atoms with van der Waals surface area (Å²) in [5.74, 6) is 0.000128. The van der Waals surface area contributed by atoms with Crippen molar-refractivity contribution in [2.24, 2.45) is 11.3 Å². The van der Waals surface area contributed by atoms with Crippen LogP contribution in [0.3, 0.4) is 0 Å². The monoisotopic (exact) mass is 500 g/mol. The molecule has 2 N–H and O–H groups in total. The third-order valence-electron chi connectivity index (χ3n) is 6.07. The maximum absolute atomic E-state index is 13.4. The fourth-order valence-electron chi connectivity index (χ4n) is 4.34. The Bertz CT molecular complexity index is 917. The Morgan fingerprint density at radius 1 is 1.09 bits per heavy atom. The number of carbonyl (C=O) groups is 2. The van der Waals surface area contributed by atoms with E-state index in [0.717, 1.165) is 12.1 Å². The number of hydrogen-bond donors (Lipinski definition) is 2. The first-order valence-corrected chi connectivity index (χ1v) is 12.0. The van der Waals surface area contributed by atoms with Gasteiger partial charge in [0.15, 0.2) is 0 Å². The van der Waals surface area contributed by atoms with Crippen LogP contribution in [0.25, 0.3) is 0 Å². The van der Waals surface area contributed by atoms with Gasteiger partial charge in [0.05, 0.1) is 11.0 Å². The summed E-state index contributed by atoms with van der Waals surface area (Å²) in [4.78, 5) is 25.6. The summed E-state index contributed by atoms with van der Waals surface area (Å²) in [6.45, 7) is 14.5. The number of ether oxygens (including phenoxy) is 2. The summed E-state index contributed by atoms with van der Waals surface area (Å²) >= 11 is 0. The predicted octanol–water partition coefficient (Wildman–Crippen LogP) is 6.22.